The Morgan fingerprint density at radius 3 is 3.06 bits per heavy atom. The Kier molecular flexibility index (Phi) is 1.70. The Hall–Kier alpha value is -2.07. The van der Waals surface area contributed by atoms with Crippen LogP contribution in [0.5, 0.6) is 0 Å². The normalized spacial score (nSPS) is 17.1. The van der Waals surface area contributed by atoms with Crippen LogP contribution in [0, 0.1) is 6.92 Å². The Bertz CT molecular complexity index is 607. The Balaban J connectivity index is 2.15. The van der Waals surface area contributed by atoms with Gasteiger partial charge < -0.3 is 0 Å². The number of nitrogens with zero attached hydrogens (tertiary/aromatic N) is 5. The Morgan fingerprint density at radius 1 is 1.56 bits per heavy atom. The van der Waals surface area contributed by atoms with E-state index in [-0.39, 0.29) is 0 Å². The van der Waals surface area contributed by atoms with Gasteiger partial charge >= 0.3 is 0 Å². The number of aryl methyl sites for hydroxylation is 1. The van der Waals surface area contributed by atoms with E-state index in [0.29, 0.717) is 11.6 Å². The minimum atomic E-state index is -0.400. The third kappa shape index (κ3) is 1.24. The maximum atomic E-state index is 10.4. The van der Waals surface area contributed by atoms with E-state index in [9.17, 15) is 4.79 Å². The molecule has 0 amide bonds. The zero-order valence-electron chi connectivity index (χ0n) is 8.71. The van der Waals surface area contributed by atoms with Crippen molar-refractivity contribution in [3.8, 4) is 0 Å². The zero-order valence-corrected chi connectivity index (χ0v) is 8.71. The molecule has 80 valence electrons. The number of carbonyl (C=O) groups excluding carboxylic acids is 1. The lowest BCUT2D eigenvalue weighted by molar-refractivity contribution is 0.556. The van der Waals surface area contributed by atoms with Crippen LogP contribution in [-0.4, -0.2) is 25.7 Å². The molecule has 6 nitrogen and oxygen atoms in total. The second-order valence-electron chi connectivity index (χ2n) is 3.98. The summed E-state index contributed by atoms with van der Waals surface area (Å²) in [5, 5.41) is 4.18. The van der Waals surface area contributed by atoms with Crippen molar-refractivity contribution < 1.29 is 4.79 Å². The van der Waals surface area contributed by atoms with Crippen LogP contribution in [0.4, 0.5) is 0 Å². The third-order valence-electron chi connectivity index (χ3n) is 2.82. The van der Waals surface area contributed by atoms with Gasteiger partial charge in [-0.25, -0.2) is 14.3 Å². The first-order valence-corrected chi connectivity index (χ1v) is 5.02. The molecule has 3 rings (SSSR count). The van der Waals surface area contributed by atoms with Gasteiger partial charge in [-0.15, -0.1) is 0 Å². The van der Waals surface area contributed by atoms with Crippen molar-refractivity contribution >= 4 is 11.9 Å². The predicted molar refractivity (Wildman–Crippen MR) is 54.6 cm³/mol. The smallest absolute Gasteiger partial charge is 0.219 e. The summed E-state index contributed by atoms with van der Waals surface area (Å²) in [6, 6.07) is 0. The van der Waals surface area contributed by atoms with Crippen molar-refractivity contribution in [1.29, 1.82) is 0 Å². The van der Waals surface area contributed by atoms with Crippen molar-refractivity contribution in [1.82, 2.24) is 19.6 Å². The second-order valence-corrected chi connectivity index (χ2v) is 3.98. The number of hydrogen-bond acceptors (Lipinski definition) is 5. The standard InChI is InChI=1S/C10H9N5O/c1-7-13-9-11-4-8(5-15(9)14-7)10(2-3-10)12-6-16/h4-5H,2-3H2,1H3. The maximum Gasteiger partial charge on any atom is 0.252 e. The van der Waals surface area contributed by atoms with E-state index in [0.717, 1.165) is 18.4 Å². The molecule has 0 atom stereocenters. The molecule has 1 fully saturated rings. The van der Waals surface area contributed by atoms with Gasteiger partial charge in [0.05, 0.1) is 0 Å². The van der Waals surface area contributed by atoms with E-state index < -0.39 is 5.54 Å². The molecule has 1 saturated carbocycles. The quantitative estimate of drug-likeness (QED) is 0.547. The molecule has 0 bridgehead atoms. The molecular formula is C10H9N5O. The van der Waals surface area contributed by atoms with Crippen molar-refractivity contribution in [2.45, 2.75) is 25.3 Å². The first-order chi connectivity index (χ1) is 7.73. The van der Waals surface area contributed by atoms with Crippen molar-refractivity contribution in [3.05, 3.63) is 23.8 Å². The molecular weight excluding hydrogens is 206 g/mol. The number of hydrogen-bond donors (Lipinski definition) is 0. The van der Waals surface area contributed by atoms with Gasteiger partial charge in [0.15, 0.2) is 0 Å². The second kappa shape index (κ2) is 2.96. The molecule has 1 aliphatic rings. The molecule has 16 heavy (non-hydrogen) atoms. The van der Waals surface area contributed by atoms with E-state index in [2.05, 4.69) is 20.1 Å². The Labute approximate surface area is 91.1 Å². The highest BCUT2D eigenvalue weighted by molar-refractivity contribution is 5.41. The van der Waals surface area contributed by atoms with Crippen molar-refractivity contribution in [2.75, 3.05) is 0 Å². The molecule has 0 N–H and O–H groups in total. The highest BCUT2D eigenvalue weighted by Crippen LogP contribution is 2.48. The summed E-state index contributed by atoms with van der Waals surface area (Å²) >= 11 is 0. The minimum absolute atomic E-state index is 0.400. The van der Waals surface area contributed by atoms with Crippen LogP contribution >= 0.6 is 0 Å². The van der Waals surface area contributed by atoms with Crippen LogP contribution in [-0.2, 0) is 10.3 Å². The summed E-state index contributed by atoms with van der Waals surface area (Å²) in [5.41, 5.74) is 0.497. The fourth-order valence-electron chi connectivity index (χ4n) is 1.80. The van der Waals surface area contributed by atoms with Gasteiger partial charge in [0.2, 0.25) is 6.08 Å². The fourth-order valence-corrected chi connectivity index (χ4v) is 1.80. The molecule has 2 aromatic rings. The highest BCUT2D eigenvalue weighted by atomic mass is 16.1. The van der Waals surface area contributed by atoms with Crippen LogP contribution in [0.3, 0.4) is 0 Å². The summed E-state index contributed by atoms with van der Waals surface area (Å²) in [6.45, 7) is 1.81. The van der Waals surface area contributed by atoms with E-state index in [1.807, 2.05) is 13.1 Å². The average molecular weight is 215 g/mol. The Morgan fingerprint density at radius 2 is 2.38 bits per heavy atom. The van der Waals surface area contributed by atoms with Gasteiger partial charge in [0.1, 0.15) is 11.4 Å². The number of aliphatic imine (C=N–C) groups is 1. The van der Waals surface area contributed by atoms with E-state index in [1.54, 1.807) is 16.8 Å². The molecule has 6 heteroatoms. The molecule has 0 saturated heterocycles. The molecule has 2 aromatic heterocycles. The monoisotopic (exact) mass is 215 g/mol. The maximum absolute atomic E-state index is 10.4. The lowest BCUT2D eigenvalue weighted by Crippen LogP contribution is -2.05. The third-order valence-corrected chi connectivity index (χ3v) is 2.82. The molecule has 0 aliphatic heterocycles. The van der Waals surface area contributed by atoms with E-state index in [1.165, 1.54) is 0 Å². The van der Waals surface area contributed by atoms with Crippen molar-refractivity contribution in [2.24, 2.45) is 4.99 Å². The van der Waals surface area contributed by atoms with Gasteiger partial charge in [-0.05, 0) is 19.8 Å². The SMILES string of the molecule is Cc1nc2ncc(C3(N=C=O)CC3)cn2n1. The van der Waals surface area contributed by atoms with E-state index in [4.69, 9.17) is 0 Å². The number of isocyanates is 1. The summed E-state index contributed by atoms with van der Waals surface area (Å²) in [7, 11) is 0. The molecule has 2 heterocycles. The van der Waals surface area contributed by atoms with Gasteiger partial charge in [0.25, 0.3) is 5.78 Å². The van der Waals surface area contributed by atoms with Gasteiger partial charge in [-0.3, -0.25) is 0 Å². The number of aromatic nitrogens is 4. The van der Waals surface area contributed by atoms with Gasteiger partial charge in [0, 0.05) is 18.0 Å². The first-order valence-electron chi connectivity index (χ1n) is 5.02. The van der Waals surface area contributed by atoms with Crippen LogP contribution in [0.25, 0.3) is 5.78 Å². The van der Waals surface area contributed by atoms with Crippen LogP contribution < -0.4 is 0 Å². The van der Waals surface area contributed by atoms with Gasteiger partial charge in [-0.1, -0.05) is 0 Å². The molecule has 1 aliphatic carbocycles. The summed E-state index contributed by atoms with van der Waals surface area (Å²) in [6.07, 6.45) is 6.89. The first kappa shape index (κ1) is 9.18. The van der Waals surface area contributed by atoms with Crippen molar-refractivity contribution in [3.63, 3.8) is 0 Å². The summed E-state index contributed by atoms with van der Waals surface area (Å²) < 4.78 is 1.62. The van der Waals surface area contributed by atoms with Crippen LogP contribution in [0.1, 0.15) is 24.2 Å². The number of fused-ring (bicyclic) bond motifs is 1. The predicted octanol–water partition coefficient (Wildman–Crippen LogP) is 0.758. The zero-order chi connectivity index (χ0) is 11.2. The lowest BCUT2D eigenvalue weighted by atomic mass is 10.1. The largest absolute Gasteiger partial charge is 0.252 e. The van der Waals surface area contributed by atoms with E-state index >= 15 is 0 Å². The summed E-state index contributed by atoms with van der Waals surface area (Å²) in [5.74, 6) is 1.24. The molecule has 0 unspecified atom stereocenters. The minimum Gasteiger partial charge on any atom is -0.219 e. The molecule has 0 aromatic carbocycles. The molecule has 0 radical (unpaired) electrons. The average Bonchev–Trinajstić information content (AvgIpc) is 2.93. The van der Waals surface area contributed by atoms with Crippen LogP contribution in [0.15, 0.2) is 17.4 Å². The molecule has 0 spiro atoms. The topological polar surface area (TPSA) is 72.5 Å². The van der Waals surface area contributed by atoms with Gasteiger partial charge in [-0.2, -0.15) is 15.1 Å². The van der Waals surface area contributed by atoms with Crippen LogP contribution in [0.2, 0.25) is 0 Å². The highest BCUT2D eigenvalue weighted by Gasteiger charge is 2.45. The number of rotatable bonds is 2. The summed E-state index contributed by atoms with van der Waals surface area (Å²) in [4.78, 5) is 22.5. The lowest BCUT2D eigenvalue weighted by Gasteiger charge is -2.06. The fraction of sp³-hybridized carbons (Fsp3) is 0.400.